The lowest BCUT2D eigenvalue weighted by atomic mass is 10.1. The number of fused-ring (bicyclic) bond motifs is 1. The van der Waals surface area contributed by atoms with Gasteiger partial charge in [-0.2, -0.15) is 5.26 Å². The summed E-state index contributed by atoms with van der Waals surface area (Å²) in [6, 6.07) is 11.3. The summed E-state index contributed by atoms with van der Waals surface area (Å²) in [5.74, 6) is 1.74. The number of rotatable bonds is 6. The Labute approximate surface area is 191 Å². The Balaban J connectivity index is 1.76. The van der Waals surface area contributed by atoms with Crippen molar-refractivity contribution < 1.29 is 19.0 Å². The first-order chi connectivity index (χ1) is 13.9. The van der Waals surface area contributed by atoms with Crippen molar-refractivity contribution in [2.24, 2.45) is 0 Å². The third-order valence-corrected chi connectivity index (χ3v) is 5.33. The first-order valence-electron chi connectivity index (χ1n) is 8.80. The fourth-order valence-electron chi connectivity index (χ4n) is 2.64. The van der Waals surface area contributed by atoms with Crippen molar-refractivity contribution in [2.45, 2.75) is 26.5 Å². The van der Waals surface area contributed by atoms with Gasteiger partial charge in [-0.3, -0.25) is 4.79 Å². The molecule has 2 aromatic carbocycles. The van der Waals surface area contributed by atoms with Crippen LogP contribution in [0.15, 0.2) is 40.4 Å². The van der Waals surface area contributed by atoms with Crippen LogP contribution in [0.2, 0.25) is 0 Å². The lowest BCUT2D eigenvalue weighted by Crippen LogP contribution is -2.30. The second kappa shape index (κ2) is 9.50. The highest BCUT2D eigenvalue weighted by molar-refractivity contribution is 14.1. The van der Waals surface area contributed by atoms with E-state index in [1.165, 1.54) is 0 Å². The third-order valence-electron chi connectivity index (χ3n) is 3.94. The van der Waals surface area contributed by atoms with Crippen LogP contribution in [0.5, 0.6) is 17.2 Å². The highest BCUT2D eigenvalue weighted by atomic mass is 127. The van der Waals surface area contributed by atoms with E-state index in [-0.39, 0.29) is 18.4 Å². The molecule has 150 valence electrons. The number of halogens is 2. The van der Waals surface area contributed by atoms with Gasteiger partial charge in [0.2, 0.25) is 6.79 Å². The minimum absolute atomic E-state index is 0.0434. The van der Waals surface area contributed by atoms with Crippen molar-refractivity contribution in [2.75, 3.05) is 6.79 Å². The van der Waals surface area contributed by atoms with Gasteiger partial charge in [0.25, 0.3) is 5.91 Å². The minimum atomic E-state index is -0.392. The van der Waals surface area contributed by atoms with Crippen molar-refractivity contribution in [3.63, 3.8) is 0 Å². The molecule has 0 unspecified atom stereocenters. The number of ether oxygens (including phenoxy) is 3. The van der Waals surface area contributed by atoms with Gasteiger partial charge in [0, 0.05) is 6.04 Å². The number of carbonyl (C=O) groups is 1. The Bertz CT molecular complexity index is 991. The first kappa shape index (κ1) is 21.5. The smallest absolute Gasteiger partial charge is 0.262 e. The second-order valence-electron chi connectivity index (χ2n) is 6.59. The molecule has 1 aliphatic heterocycles. The standard InChI is InChI=1S/C21H18BrIN2O4/c1-12(2)25-21(26)15(9-24)5-14-6-16(22)20(17(23)7-14)27-10-13-3-4-18-19(8-13)29-11-28-18/h3-8,12H,10-11H2,1-2H3,(H,25,26)/b15-5-. The normalized spacial score (nSPS) is 12.6. The monoisotopic (exact) mass is 568 g/mol. The van der Waals surface area contributed by atoms with Gasteiger partial charge >= 0.3 is 0 Å². The molecule has 1 aliphatic rings. The molecule has 0 saturated carbocycles. The molecule has 1 heterocycles. The van der Waals surface area contributed by atoms with Crippen molar-refractivity contribution in [3.8, 4) is 23.3 Å². The van der Waals surface area contributed by atoms with E-state index < -0.39 is 5.91 Å². The van der Waals surface area contributed by atoms with Crippen LogP contribution >= 0.6 is 38.5 Å². The Morgan fingerprint density at radius 3 is 2.79 bits per heavy atom. The van der Waals surface area contributed by atoms with E-state index in [1.54, 1.807) is 6.08 Å². The molecule has 1 N–H and O–H groups in total. The molecule has 0 spiro atoms. The molecule has 8 heteroatoms. The van der Waals surface area contributed by atoms with Gasteiger partial charge < -0.3 is 19.5 Å². The Morgan fingerprint density at radius 1 is 1.34 bits per heavy atom. The third kappa shape index (κ3) is 5.42. The highest BCUT2D eigenvalue weighted by Gasteiger charge is 2.15. The summed E-state index contributed by atoms with van der Waals surface area (Å²) in [4.78, 5) is 12.1. The maximum Gasteiger partial charge on any atom is 0.262 e. The Kier molecular flexibility index (Phi) is 7.03. The average molecular weight is 569 g/mol. The summed E-state index contributed by atoms with van der Waals surface area (Å²) in [7, 11) is 0. The summed E-state index contributed by atoms with van der Waals surface area (Å²) in [5, 5.41) is 12.0. The topological polar surface area (TPSA) is 80.6 Å². The minimum Gasteiger partial charge on any atom is -0.487 e. The maximum absolute atomic E-state index is 12.1. The number of amides is 1. The Morgan fingerprint density at radius 2 is 2.10 bits per heavy atom. The van der Waals surface area contributed by atoms with Crippen molar-refractivity contribution in [3.05, 3.63) is 55.1 Å². The number of nitrogens with zero attached hydrogens (tertiary/aromatic N) is 1. The van der Waals surface area contributed by atoms with Crippen molar-refractivity contribution in [1.82, 2.24) is 5.32 Å². The van der Waals surface area contributed by atoms with Crippen LogP contribution in [0.4, 0.5) is 0 Å². The number of hydrogen-bond donors (Lipinski definition) is 1. The predicted molar refractivity (Wildman–Crippen MR) is 121 cm³/mol. The van der Waals surface area contributed by atoms with E-state index in [9.17, 15) is 10.1 Å². The predicted octanol–water partition coefficient (Wildman–Crippen LogP) is 4.79. The summed E-state index contributed by atoms with van der Waals surface area (Å²) in [6.45, 7) is 4.29. The quantitative estimate of drug-likeness (QED) is 0.308. The summed E-state index contributed by atoms with van der Waals surface area (Å²) < 4.78 is 18.3. The number of nitriles is 1. The number of carbonyl (C=O) groups excluding carboxylic acids is 1. The summed E-state index contributed by atoms with van der Waals surface area (Å²) >= 11 is 5.69. The largest absolute Gasteiger partial charge is 0.487 e. The zero-order valence-electron chi connectivity index (χ0n) is 15.8. The molecule has 0 fully saturated rings. The van der Waals surface area contributed by atoms with Crippen LogP contribution in [-0.4, -0.2) is 18.7 Å². The van der Waals surface area contributed by atoms with Gasteiger partial charge in [0.1, 0.15) is 24.0 Å². The van der Waals surface area contributed by atoms with E-state index in [0.717, 1.165) is 24.9 Å². The van der Waals surface area contributed by atoms with Crippen LogP contribution in [-0.2, 0) is 11.4 Å². The van der Waals surface area contributed by atoms with E-state index >= 15 is 0 Å². The molecule has 2 aromatic rings. The molecular formula is C21H18BrIN2O4. The molecule has 0 bridgehead atoms. The lowest BCUT2D eigenvalue weighted by molar-refractivity contribution is -0.117. The van der Waals surface area contributed by atoms with Crippen molar-refractivity contribution in [1.29, 1.82) is 5.26 Å². The van der Waals surface area contributed by atoms with Gasteiger partial charge in [-0.05, 0) is 93.8 Å². The van der Waals surface area contributed by atoms with Gasteiger partial charge in [0.15, 0.2) is 11.5 Å². The first-order valence-corrected chi connectivity index (χ1v) is 10.7. The molecule has 0 aromatic heterocycles. The van der Waals surface area contributed by atoms with Crippen LogP contribution in [0.25, 0.3) is 6.08 Å². The molecule has 6 nitrogen and oxygen atoms in total. The van der Waals surface area contributed by atoms with Crippen LogP contribution < -0.4 is 19.5 Å². The fraction of sp³-hybridized carbons (Fsp3) is 0.238. The van der Waals surface area contributed by atoms with E-state index in [1.807, 2.05) is 50.2 Å². The van der Waals surface area contributed by atoms with E-state index in [0.29, 0.717) is 18.1 Å². The summed E-state index contributed by atoms with van der Waals surface area (Å²) in [6.07, 6.45) is 1.56. The van der Waals surface area contributed by atoms with Gasteiger partial charge in [0.05, 0.1) is 8.04 Å². The second-order valence-corrected chi connectivity index (χ2v) is 8.60. The fourth-order valence-corrected chi connectivity index (χ4v) is 4.41. The Hall–Kier alpha value is -2.25. The molecule has 1 amide bonds. The number of nitrogens with one attached hydrogen (secondary N) is 1. The van der Waals surface area contributed by atoms with Crippen LogP contribution in [0, 0.1) is 14.9 Å². The molecule has 0 radical (unpaired) electrons. The average Bonchev–Trinajstić information content (AvgIpc) is 3.12. The van der Waals surface area contributed by atoms with Crippen molar-refractivity contribution >= 4 is 50.5 Å². The molecule has 0 saturated heterocycles. The molecule has 0 aliphatic carbocycles. The zero-order valence-corrected chi connectivity index (χ0v) is 19.5. The summed E-state index contributed by atoms with van der Waals surface area (Å²) in [5.41, 5.74) is 1.74. The number of hydrogen-bond acceptors (Lipinski definition) is 5. The van der Waals surface area contributed by atoms with Gasteiger partial charge in [-0.25, -0.2) is 0 Å². The zero-order chi connectivity index (χ0) is 21.0. The number of benzene rings is 2. The van der Waals surface area contributed by atoms with E-state index in [2.05, 4.69) is 43.8 Å². The van der Waals surface area contributed by atoms with Crippen LogP contribution in [0.3, 0.4) is 0 Å². The molecular weight excluding hydrogens is 551 g/mol. The molecule has 0 atom stereocenters. The SMILES string of the molecule is CC(C)NC(=O)/C(C#N)=C\c1cc(Br)c(OCc2ccc3c(c2)OCO3)c(I)c1. The van der Waals surface area contributed by atoms with E-state index in [4.69, 9.17) is 14.2 Å². The molecule has 3 rings (SSSR count). The highest BCUT2D eigenvalue weighted by Crippen LogP contribution is 2.35. The molecule has 29 heavy (non-hydrogen) atoms. The van der Waals surface area contributed by atoms with Gasteiger partial charge in [-0.1, -0.05) is 6.07 Å². The maximum atomic E-state index is 12.1. The van der Waals surface area contributed by atoms with Crippen LogP contribution in [0.1, 0.15) is 25.0 Å². The van der Waals surface area contributed by atoms with Gasteiger partial charge in [-0.15, -0.1) is 0 Å². The lowest BCUT2D eigenvalue weighted by Gasteiger charge is -2.12.